The summed E-state index contributed by atoms with van der Waals surface area (Å²) in [4.78, 5) is 15.7. The molecule has 0 spiro atoms. The maximum Gasteiger partial charge on any atom is 0.231 e. The minimum atomic E-state index is 0.0173. The van der Waals surface area contributed by atoms with Gasteiger partial charge in [-0.1, -0.05) is 18.2 Å². The Kier molecular flexibility index (Phi) is 3.31. The van der Waals surface area contributed by atoms with Crippen LogP contribution in [0.15, 0.2) is 29.2 Å². The molecule has 1 aromatic rings. The summed E-state index contributed by atoms with van der Waals surface area (Å²) in [5.74, 6) is 1.39. The van der Waals surface area contributed by atoms with Crippen LogP contribution in [-0.2, 0) is 4.79 Å². The Morgan fingerprint density at radius 3 is 3.06 bits per heavy atom. The molecule has 4 heteroatoms. The maximum atomic E-state index is 12.5. The molecule has 2 heterocycles. The predicted octanol–water partition coefficient (Wildman–Crippen LogP) is 1.72. The van der Waals surface area contributed by atoms with Crippen molar-refractivity contribution in [3.8, 4) is 0 Å². The molecule has 0 bridgehead atoms. The highest BCUT2D eigenvalue weighted by Gasteiger charge is 2.35. The molecule has 0 radical (unpaired) electrons. The van der Waals surface area contributed by atoms with Gasteiger partial charge in [0, 0.05) is 36.3 Å². The summed E-state index contributed by atoms with van der Waals surface area (Å²) < 4.78 is 0. The number of carbonyl (C=O) groups is 1. The first-order valence-corrected chi connectivity index (χ1v) is 7.39. The number of hydrogen-bond donors (Lipinski definition) is 1. The van der Waals surface area contributed by atoms with Gasteiger partial charge in [-0.2, -0.15) is 0 Å². The molecule has 96 valence electrons. The van der Waals surface area contributed by atoms with Crippen LogP contribution < -0.4 is 0 Å². The second-order valence-electron chi connectivity index (χ2n) is 5.02. The third-order valence-electron chi connectivity index (χ3n) is 3.85. The number of benzene rings is 1. The standard InChI is InChI=1S/C14H17NO2S/c16-8-10-5-6-15(7-10)14(17)12-9-18-13-4-2-1-3-11(12)13/h1-4,10,12,16H,5-9H2. The summed E-state index contributed by atoms with van der Waals surface area (Å²) in [6.07, 6.45) is 0.934. The normalized spacial score (nSPS) is 26.4. The number of amides is 1. The van der Waals surface area contributed by atoms with E-state index in [-0.39, 0.29) is 24.3 Å². The van der Waals surface area contributed by atoms with Crippen LogP contribution >= 0.6 is 11.8 Å². The number of thioether (sulfide) groups is 1. The first-order valence-electron chi connectivity index (χ1n) is 6.41. The molecule has 0 aromatic heterocycles. The van der Waals surface area contributed by atoms with Crippen LogP contribution in [0.5, 0.6) is 0 Å². The predicted molar refractivity (Wildman–Crippen MR) is 71.7 cm³/mol. The monoisotopic (exact) mass is 263 g/mol. The second-order valence-corrected chi connectivity index (χ2v) is 6.08. The Labute approximate surface area is 111 Å². The third kappa shape index (κ3) is 2.04. The zero-order valence-corrected chi connectivity index (χ0v) is 11.0. The molecule has 1 fully saturated rings. The van der Waals surface area contributed by atoms with Crippen LogP contribution in [0, 0.1) is 5.92 Å². The van der Waals surface area contributed by atoms with Crippen LogP contribution in [0.3, 0.4) is 0 Å². The summed E-state index contributed by atoms with van der Waals surface area (Å²) >= 11 is 1.77. The summed E-state index contributed by atoms with van der Waals surface area (Å²) in [5.41, 5.74) is 1.18. The van der Waals surface area contributed by atoms with Gasteiger partial charge in [-0.05, 0) is 18.1 Å². The Morgan fingerprint density at radius 2 is 2.28 bits per heavy atom. The number of carbonyl (C=O) groups excluding carboxylic acids is 1. The number of hydrogen-bond acceptors (Lipinski definition) is 3. The minimum Gasteiger partial charge on any atom is -0.396 e. The smallest absolute Gasteiger partial charge is 0.231 e. The Hall–Kier alpha value is -1.00. The number of aliphatic hydroxyl groups is 1. The van der Waals surface area contributed by atoms with Crippen LogP contribution in [0.1, 0.15) is 17.9 Å². The van der Waals surface area contributed by atoms with E-state index in [2.05, 4.69) is 12.1 Å². The highest BCUT2D eigenvalue weighted by Crippen LogP contribution is 2.40. The van der Waals surface area contributed by atoms with Gasteiger partial charge < -0.3 is 10.0 Å². The van der Waals surface area contributed by atoms with E-state index >= 15 is 0 Å². The number of nitrogens with zero attached hydrogens (tertiary/aromatic N) is 1. The van der Waals surface area contributed by atoms with E-state index in [1.54, 1.807) is 11.8 Å². The number of aliphatic hydroxyl groups excluding tert-OH is 1. The zero-order valence-electron chi connectivity index (χ0n) is 10.2. The van der Waals surface area contributed by atoms with Crippen LogP contribution in [0.25, 0.3) is 0 Å². The van der Waals surface area contributed by atoms with Crippen molar-refractivity contribution in [2.45, 2.75) is 17.2 Å². The Bertz CT molecular complexity index is 463. The van der Waals surface area contributed by atoms with Crippen molar-refractivity contribution in [2.75, 3.05) is 25.4 Å². The van der Waals surface area contributed by atoms with Crippen LogP contribution in [-0.4, -0.2) is 41.4 Å². The van der Waals surface area contributed by atoms with Gasteiger partial charge in [0.15, 0.2) is 0 Å². The first-order chi connectivity index (χ1) is 8.79. The van der Waals surface area contributed by atoms with Crippen LogP contribution in [0.2, 0.25) is 0 Å². The van der Waals surface area contributed by atoms with Gasteiger partial charge in [0.25, 0.3) is 0 Å². The van der Waals surface area contributed by atoms with E-state index in [1.807, 2.05) is 17.0 Å². The summed E-state index contributed by atoms with van der Waals surface area (Å²) in [6.45, 7) is 1.71. The molecule has 1 aromatic carbocycles. The van der Waals surface area contributed by atoms with Gasteiger partial charge in [0.2, 0.25) is 5.91 Å². The maximum absolute atomic E-state index is 12.5. The van der Waals surface area contributed by atoms with Crippen molar-refractivity contribution in [3.05, 3.63) is 29.8 Å². The molecular formula is C14H17NO2S. The van der Waals surface area contributed by atoms with Crippen molar-refractivity contribution in [1.82, 2.24) is 4.90 Å². The molecule has 2 aliphatic rings. The van der Waals surface area contributed by atoms with Gasteiger partial charge in [0.05, 0.1) is 5.92 Å². The molecule has 0 saturated carbocycles. The lowest BCUT2D eigenvalue weighted by Gasteiger charge is -2.20. The highest BCUT2D eigenvalue weighted by atomic mass is 32.2. The fourth-order valence-electron chi connectivity index (χ4n) is 2.77. The molecular weight excluding hydrogens is 246 g/mol. The van der Waals surface area contributed by atoms with Gasteiger partial charge in [0.1, 0.15) is 0 Å². The molecule has 2 atom stereocenters. The van der Waals surface area contributed by atoms with E-state index in [9.17, 15) is 4.79 Å². The van der Waals surface area contributed by atoms with E-state index in [1.165, 1.54) is 10.5 Å². The van der Waals surface area contributed by atoms with E-state index in [0.29, 0.717) is 0 Å². The van der Waals surface area contributed by atoms with Crippen molar-refractivity contribution in [2.24, 2.45) is 5.92 Å². The zero-order chi connectivity index (χ0) is 12.5. The van der Waals surface area contributed by atoms with Crippen molar-refractivity contribution in [3.63, 3.8) is 0 Å². The molecule has 1 amide bonds. The highest BCUT2D eigenvalue weighted by molar-refractivity contribution is 7.99. The van der Waals surface area contributed by atoms with Crippen LogP contribution in [0.4, 0.5) is 0 Å². The van der Waals surface area contributed by atoms with Crippen molar-refractivity contribution in [1.29, 1.82) is 0 Å². The topological polar surface area (TPSA) is 40.5 Å². The third-order valence-corrected chi connectivity index (χ3v) is 5.04. The fourth-order valence-corrected chi connectivity index (χ4v) is 3.99. The molecule has 1 saturated heterocycles. The number of likely N-dealkylation sites (tertiary alicyclic amines) is 1. The molecule has 2 aliphatic heterocycles. The molecule has 3 rings (SSSR count). The number of rotatable bonds is 2. The van der Waals surface area contributed by atoms with Gasteiger partial charge in [-0.25, -0.2) is 0 Å². The average molecular weight is 263 g/mol. The largest absolute Gasteiger partial charge is 0.396 e. The SMILES string of the molecule is O=C(C1CSc2ccccc21)N1CCC(CO)C1. The minimum absolute atomic E-state index is 0.0173. The number of fused-ring (bicyclic) bond motifs is 1. The lowest BCUT2D eigenvalue weighted by molar-refractivity contribution is -0.131. The summed E-state index contributed by atoms with van der Waals surface area (Å²) in [6, 6.07) is 8.19. The Morgan fingerprint density at radius 1 is 1.44 bits per heavy atom. The molecule has 3 nitrogen and oxygen atoms in total. The average Bonchev–Trinajstić information content (AvgIpc) is 3.04. The molecule has 0 aliphatic carbocycles. The summed E-state index contributed by atoms with van der Waals surface area (Å²) in [7, 11) is 0. The lowest BCUT2D eigenvalue weighted by Crippen LogP contribution is -2.33. The van der Waals surface area contributed by atoms with Gasteiger partial charge in [-0.15, -0.1) is 11.8 Å². The molecule has 2 unspecified atom stereocenters. The van der Waals surface area contributed by atoms with E-state index in [0.717, 1.165) is 25.3 Å². The molecule has 1 N–H and O–H groups in total. The van der Waals surface area contributed by atoms with Gasteiger partial charge in [-0.3, -0.25) is 4.79 Å². The first kappa shape index (κ1) is 12.1. The van der Waals surface area contributed by atoms with Gasteiger partial charge >= 0.3 is 0 Å². The Balaban J connectivity index is 1.75. The van der Waals surface area contributed by atoms with Crippen molar-refractivity contribution >= 4 is 17.7 Å². The fraction of sp³-hybridized carbons (Fsp3) is 0.500. The molecule has 18 heavy (non-hydrogen) atoms. The van der Waals surface area contributed by atoms with E-state index < -0.39 is 0 Å². The van der Waals surface area contributed by atoms with E-state index in [4.69, 9.17) is 5.11 Å². The lowest BCUT2D eigenvalue weighted by atomic mass is 10.00. The second kappa shape index (κ2) is 4.94. The summed E-state index contributed by atoms with van der Waals surface area (Å²) in [5, 5.41) is 9.15. The van der Waals surface area contributed by atoms with Crippen molar-refractivity contribution < 1.29 is 9.90 Å². The quantitative estimate of drug-likeness (QED) is 0.883.